The van der Waals surface area contributed by atoms with Crippen molar-refractivity contribution in [3.05, 3.63) is 10.6 Å². The van der Waals surface area contributed by atoms with Gasteiger partial charge in [-0.25, -0.2) is 4.98 Å². The summed E-state index contributed by atoms with van der Waals surface area (Å²) in [5.74, 6) is 1.70. The average molecular weight is 330 g/mol. The molecular formula is C16H31N3S2. The molecule has 0 saturated heterocycles. The van der Waals surface area contributed by atoms with Gasteiger partial charge in [0.1, 0.15) is 0 Å². The molecule has 21 heavy (non-hydrogen) atoms. The van der Waals surface area contributed by atoms with Crippen molar-refractivity contribution in [3.8, 4) is 0 Å². The van der Waals surface area contributed by atoms with Gasteiger partial charge in [-0.1, -0.05) is 27.7 Å². The third-order valence-electron chi connectivity index (χ3n) is 4.01. The first-order valence-electron chi connectivity index (χ1n) is 8.00. The number of aromatic nitrogens is 1. The molecule has 1 heterocycles. The number of anilines is 1. The zero-order valence-corrected chi connectivity index (χ0v) is 16.0. The van der Waals surface area contributed by atoms with Gasteiger partial charge in [0.2, 0.25) is 0 Å². The van der Waals surface area contributed by atoms with E-state index in [0.717, 1.165) is 31.7 Å². The minimum absolute atomic E-state index is 0.540. The van der Waals surface area contributed by atoms with E-state index in [2.05, 4.69) is 51.2 Å². The van der Waals surface area contributed by atoms with Crippen LogP contribution in [-0.2, 0) is 6.54 Å². The quantitative estimate of drug-likeness (QED) is 0.691. The second-order valence-electron chi connectivity index (χ2n) is 5.52. The molecule has 0 aromatic carbocycles. The van der Waals surface area contributed by atoms with Crippen molar-refractivity contribution >= 4 is 28.2 Å². The van der Waals surface area contributed by atoms with E-state index in [0.29, 0.717) is 12.0 Å². The van der Waals surface area contributed by atoms with Gasteiger partial charge in [-0.15, -0.1) is 11.3 Å². The fraction of sp³-hybridized carbons (Fsp3) is 0.812. The maximum absolute atomic E-state index is 4.98. The van der Waals surface area contributed by atoms with Gasteiger partial charge in [0.25, 0.3) is 0 Å². The van der Waals surface area contributed by atoms with Crippen LogP contribution >= 0.6 is 23.1 Å². The fourth-order valence-corrected chi connectivity index (χ4v) is 4.32. The first-order chi connectivity index (χ1) is 10.1. The summed E-state index contributed by atoms with van der Waals surface area (Å²) >= 11 is 3.78. The molecule has 0 aliphatic rings. The minimum Gasteiger partial charge on any atom is -0.347 e. The molecule has 0 fully saturated rings. The number of nitrogens with one attached hydrogen (secondary N) is 1. The van der Waals surface area contributed by atoms with Gasteiger partial charge in [0, 0.05) is 30.3 Å². The zero-order chi connectivity index (χ0) is 15.8. The minimum atomic E-state index is 0.540. The standard InChI is InChI=1S/C16H31N3S2/c1-7-12(4)15-14(10-17-9-3)21-16(18-15)19(5)13(8-2)11-20-6/h12-13,17H,7-11H2,1-6H3. The Morgan fingerprint density at radius 2 is 2.00 bits per heavy atom. The zero-order valence-electron chi connectivity index (χ0n) is 14.4. The van der Waals surface area contributed by atoms with Crippen molar-refractivity contribution in [2.75, 3.05) is 30.5 Å². The van der Waals surface area contributed by atoms with Gasteiger partial charge in [-0.2, -0.15) is 11.8 Å². The van der Waals surface area contributed by atoms with Crippen molar-refractivity contribution in [1.29, 1.82) is 0 Å². The van der Waals surface area contributed by atoms with E-state index in [1.807, 2.05) is 23.1 Å². The predicted octanol–water partition coefficient (Wildman–Crippen LogP) is 4.34. The van der Waals surface area contributed by atoms with Crippen molar-refractivity contribution in [3.63, 3.8) is 0 Å². The highest BCUT2D eigenvalue weighted by atomic mass is 32.2. The SMILES string of the molecule is CCNCc1sc(N(C)C(CC)CSC)nc1C(C)CC. The molecule has 1 aromatic heterocycles. The van der Waals surface area contributed by atoms with Crippen LogP contribution in [0.2, 0.25) is 0 Å². The molecule has 2 atom stereocenters. The molecule has 122 valence electrons. The highest BCUT2D eigenvalue weighted by molar-refractivity contribution is 7.98. The number of hydrogen-bond acceptors (Lipinski definition) is 5. The fourth-order valence-electron chi connectivity index (χ4n) is 2.30. The summed E-state index contributed by atoms with van der Waals surface area (Å²) in [6.45, 7) is 10.9. The van der Waals surface area contributed by atoms with Crippen molar-refractivity contribution < 1.29 is 0 Å². The normalized spacial score (nSPS) is 14.2. The van der Waals surface area contributed by atoms with Gasteiger partial charge in [-0.3, -0.25) is 0 Å². The lowest BCUT2D eigenvalue weighted by atomic mass is 10.0. The van der Waals surface area contributed by atoms with Crippen LogP contribution in [0.15, 0.2) is 0 Å². The van der Waals surface area contributed by atoms with Crippen LogP contribution in [0.25, 0.3) is 0 Å². The second kappa shape index (κ2) is 9.70. The topological polar surface area (TPSA) is 28.2 Å². The van der Waals surface area contributed by atoms with E-state index in [-0.39, 0.29) is 0 Å². The molecule has 1 aromatic rings. The number of rotatable bonds is 10. The summed E-state index contributed by atoms with van der Waals surface area (Å²) in [7, 11) is 2.20. The first-order valence-corrected chi connectivity index (χ1v) is 10.2. The molecule has 0 spiro atoms. The Bertz CT molecular complexity index is 406. The molecule has 0 saturated carbocycles. The van der Waals surface area contributed by atoms with E-state index in [9.17, 15) is 0 Å². The Morgan fingerprint density at radius 1 is 1.29 bits per heavy atom. The summed E-state index contributed by atoms with van der Waals surface area (Å²) in [5, 5.41) is 4.63. The van der Waals surface area contributed by atoms with E-state index in [1.54, 1.807) is 0 Å². The summed E-state index contributed by atoms with van der Waals surface area (Å²) in [5.41, 5.74) is 1.30. The van der Waals surface area contributed by atoms with Gasteiger partial charge in [0.05, 0.1) is 5.69 Å². The van der Waals surface area contributed by atoms with Crippen LogP contribution in [0.4, 0.5) is 5.13 Å². The largest absolute Gasteiger partial charge is 0.347 e. The molecule has 3 nitrogen and oxygen atoms in total. The van der Waals surface area contributed by atoms with E-state index >= 15 is 0 Å². The van der Waals surface area contributed by atoms with E-state index < -0.39 is 0 Å². The highest BCUT2D eigenvalue weighted by Crippen LogP contribution is 2.33. The summed E-state index contributed by atoms with van der Waals surface area (Å²) in [4.78, 5) is 8.77. The Hall–Kier alpha value is -0.260. The number of thioether (sulfide) groups is 1. The maximum atomic E-state index is 4.98. The molecule has 0 bridgehead atoms. The lowest BCUT2D eigenvalue weighted by Crippen LogP contribution is -2.33. The van der Waals surface area contributed by atoms with E-state index in [1.165, 1.54) is 15.7 Å². The highest BCUT2D eigenvalue weighted by Gasteiger charge is 2.21. The predicted molar refractivity (Wildman–Crippen MR) is 99.1 cm³/mol. The third-order valence-corrected chi connectivity index (χ3v) is 5.89. The Labute approximate surface area is 138 Å². The first kappa shape index (κ1) is 18.8. The van der Waals surface area contributed by atoms with Crippen molar-refractivity contribution in [1.82, 2.24) is 10.3 Å². The van der Waals surface area contributed by atoms with Gasteiger partial charge in [-0.05, 0) is 31.6 Å². The van der Waals surface area contributed by atoms with Crippen molar-refractivity contribution in [2.24, 2.45) is 0 Å². The van der Waals surface area contributed by atoms with E-state index in [4.69, 9.17) is 4.98 Å². The van der Waals surface area contributed by atoms with Gasteiger partial charge in [0.15, 0.2) is 5.13 Å². The molecule has 2 unspecified atom stereocenters. The van der Waals surface area contributed by atoms with Crippen LogP contribution in [0.5, 0.6) is 0 Å². The second-order valence-corrected chi connectivity index (χ2v) is 7.50. The summed E-state index contributed by atoms with van der Waals surface area (Å²) < 4.78 is 0. The molecule has 1 rings (SSSR count). The molecule has 1 N–H and O–H groups in total. The van der Waals surface area contributed by atoms with Crippen LogP contribution in [0, 0.1) is 0 Å². The summed E-state index contributed by atoms with van der Waals surface area (Å²) in [6.07, 6.45) is 4.49. The smallest absolute Gasteiger partial charge is 0.185 e. The lowest BCUT2D eigenvalue weighted by Gasteiger charge is -2.26. The molecule has 0 amide bonds. The Morgan fingerprint density at radius 3 is 2.52 bits per heavy atom. The number of hydrogen-bond donors (Lipinski definition) is 1. The van der Waals surface area contributed by atoms with Crippen LogP contribution in [-0.4, -0.2) is 36.6 Å². The average Bonchev–Trinajstić information content (AvgIpc) is 2.93. The molecule has 5 heteroatoms. The Kier molecular flexibility index (Phi) is 8.67. The summed E-state index contributed by atoms with van der Waals surface area (Å²) in [6, 6.07) is 0.572. The monoisotopic (exact) mass is 329 g/mol. The number of thiazole rings is 1. The number of nitrogens with zero attached hydrogens (tertiary/aromatic N) is 2. The van der Waals surface area contributed by atoms with Crippen molar-refractivity contribution in [2.45, 2.75) is 59.0 Å². The van der Waals surface area contributed by atoms with Crippen LogP contribution in [0.1, 0.15) is 57.0 Å². The maximum Gasteiger partial charge on any atom is 0.185 e. The van der Waals surface area contributed by atoms with Gasteiger partial charge >= 0.3 is 0 Å². The third kappa shape index (κ3) is 5.15. The molecule has 0 radical (unpaired) electrons. The van der Waals surface area contributed by atoms with Gasteiger partial charge < -0.3 is 10.2 Å². The van der Waals surface area contributed by atoms with Crippen LogP contribution in [0.3, 0.4) is 0 Å². The van der Waals surface area contributed by atoms with Crippen LogP contribution < -0.4 is 10.2 Å². The molecule has 0 aliphatic heterocycles. The molecule has 0 aliphatic carbocycles. The lowest BCUT2D eigenvalue weighted by molar-refractivity contribution is 0.659. The molecular weight excluding hydrogens is 298 g/mol. The Balaban J connectivity index is 2.98.